The molecular formula is C22H23Br3N2O5. The fourth-order valence-electron chi connectivity index (χ4n) is 5.27. The highest BCUT2D eigenvalue weighted by atomic mass is 79.9. The zero-order chi connectivity index (χ0) is 23.3. The number of halogens is 3. The molecule has 0 aromatic heterocycles. The number of benzene rings is 1. The van der Waals surface area contributed by atoms with Crippen molar-refractivity contribution >= 4 is 77.2 Å². The van der Waals surface area contributed by atoms with Crippen molar-refractivity contribution in [2.45, 2.75) is 36.3 Å². The Balaban J connectivity index is 1.26. The predicted molar refractivity (Wildman–Crippen MR) is 129 cm³/mol. The van der Waals surface area contributed by atoms with Gasteiger partial charge in [0.1, 0.15) is 0 Å². The van der Waals surface area contributed by atoms with Gasteiger partial charge >= 0.3 is 5.97 Å². The van der Waals surface area contributed by atoms with Gasteiger partial charge in [-0.05, 0) is 55.4 Å². The van der Waals surface area contributed by atoms with Gasteiger partial charge in [0.2, 0.25) is 11.8 Å². The summed E-state index contributed by atoms with van der Waals surface area (Å²) in [6.45, 7) is 3.39. The molecule has 3 amide bonds. The average Bonchev–Trinajstić information content (AvgIpc) is 3.34. The van der Waals surface area contributed by atoms with Crippen LogP contribution in [0.5, 0.6) is 0 Å². The largest absolute Gasteiger partial charge is 0.456 e. The summed E-state index contributed by atoms with van der Waals surface area (Å²) < 4.78 is 6.02. The normalized spacial score (nSPS) is 30.6. The lowest BCUT2D eigenvalue weighted by Crippen LogP contribution is -2.37. The van der Waals surface area contributed by atoms with E-state index < -0.39 is 18.5 Å². The number of imide groups is 1. The van der Waals surface area contributed by atoms with Crippen molar-refractivity contribution in [1.29, 1.82) is 0 Å². The summed E-state index contributed by atoms with van der Waals surface area (Å²) in [6, 6.07) is 3.64. The lowest BCUT2D eigenvalue weighted by Gasteiger charge is -2.28. The van der Waals surface area contributed by atoms with Crippen LogP contribution in [-0.4, -0.2) is 51.4 Å². The Hall–Kier alpha value is -1.26. The summed E-state index contributed by atoms with van der Waals surface area (Å²) in [5.41, 5.74) is 2.58. The van der Waals surface area contributed by atoms with Gasteiger partial charge in [-0.25, -0.2) is 0 Å². The number of hydrogen-bond acceptors (Lipinski definition) is 5. The minimum Gasteiger partial charge on any atom is -0.456 e. The monoisotopic (exact) mass is 632 g/mol. The summed E-state index contributed by atoms with van der Waals surface area (Å²) in [5.74, 6) is -1.79. The number of amides is 3. The van der Waals surface area contributed by atoms with Gasteiger partial charge in [-0.2, -0.15) is 0 Å². The number of esters is 1. The van der Waals surface area contributed by atoms with Crippen LogP contribution in [0.4, 0.5) is 5.69 Å². The number of carbonyl (C=O) groups is 4. The van der Waals surface area contributed by atoms with E-state index in [9.17, 15) is 19.2 Å². The summed E-state index contributed by atoms with van der Waals surface area (Å²) in [5, 5.41) is 2.70. The Morgan fingerprint density at radius 2 is 1.59 bits per heavy atom. The molecule has 0 spiro atoms. The molecule has 1 aromatic rings. The van der Waals surface area contributed by atoms with Gasteiger partial charge in [-0.3, -0.25) is 24.1 Å². The van der Waals surface area contributed by atoms with Crippen LogP contribution >= 0.6 is 47.8 Å². The van der Waals surface area contributed by atoms with Crippen molar-refractivity contribution in [1.82, 2.24) is 4.90 Å². The molecule has 1 saturated heterocycles. The maximum atomic E-state index is 12.8. The number of rotatable bonds is 6. The number of hydrogen-bond donors (Lipinski definition) is 1. The number of nitrogens with one attached hydrogen (secondary N) is 1. The van der Waals surface area contributed by atoms with E-state index in [1.807, 2.05) is 26.0 Å². The maximum Gasteiger partial charge on any atom is 0.308 e. The summed E-state index contributed by atoms with van der Waals surface area (Å²) >= 11 is 10.8. The van der Waals surface area contributed by atoms with Crippen LogP contribution in [-0.2, 0) is 23.9 Å². The number of likely N-dealkylation sites (tertiary alicyclic amines) is 1. The highest BCUT2D eigenvalue weighted by Gasteiger charge is 2.66. The molecule has 1 heterocycles. The van der Waals surface area contributed by atoms with Gasteiger partial charge in [0, 0.05) is 26.4 Å². The van der Waals surface area contributed by atoms with Crippen molar-refractivity contribution in [2.24, 2.45) is 23.7 Å². The van der Waals surface area contributed by atoms with Crippen LogP contribution in [0, 0.1) is 37.5 Å². The van der Waals surface area contributed by atoms with E-state index in [0.717, 1.165) is 22.0 Å². The molecular weight excluding hydrogens is 612 g/mol. The lowest BCUT2D eigenvalue weighted by atomic mass is 9.81. The second kappa shape index (κ2) is 9.18. The average molecular weight is 635 g/mol. The molecule has 3 aliphatic rings. The standard InChI is InChI=1S/C22H23Br3N2O5/c1-9-5-11(6-10(2)18(9)23)26-14(28)8-32-15(29)3-4-27-21(30)16-12-7-13(17(16)22(27)31)20(25)19(12)24/h5-6,12-13,16-17,19-20H,3-4,7-8H2,1-2H3,(H,26,28)/t12-,13-,16-,17+,19-,20+/m1/s1. The topological polar surface area (TPSA) is 92.8 Å². The quantitative estimate of drug-likeness (QED) is 0.293. The Bertz CT molecular complexity index is 945. The van der Waals surface area contributed by atoms with Crippen molar-refractivity contribution in [3.05, 3.63) is 27.7 Å². The maximum absolute atomic E-state index is 12.8. The molecule has 1 N–H and O–H groups in total. The van der Waals surface area contributed by atoms with Crippen LogP contribution in [0.25, 0.3) is 0 Å². The van der Waals surface area contributed by atoms with Gasteiger partial charge in [0.05, 0.1) is 18.3 Å². The second-order valence-corrected chi connectivity index (χ2v) is 11.6. The Labute approximate surface area is 211 Å². The fourth-order valence-corrected chi connectivity index (χ4v) is 7.37. The minimum atomic E-state index is -0.624. The first-order valence-electron chi connectivity index (χ1n) is 10.5. The number of anilines is 1. The van der Waals surface area contributed by atoms with E-state index in [4.69, 9.17) is 4.74 Å². The van der Waals surface area contributed by atoms with Crippen molar-refractivity contribution < 1.29 is 23.9 Å². The first-order valence-corrected chi connectivity index (χ1v) is 13.1. The predicted octanol–water partition coefficient (Wildman–Crippen LogP) is 3.72. The summed E-state index contributed by atoms with van der Waals surface area (Å²) in [6.07, 6.45) is 0.729. The van der Waals surface area contributed by atoms with Crippen LogP contribution in [0.1, 0.15) is 24.0 Å². The number of carbonyl (C=O) groups excluding carboxylic acids is 4. The van der Waals surface area contributed by atoms with Crippen molar-refractivity contribution in [3.63, 3.8) is 0 Å². The molecule has 2 aliphatic carbocycles. The van der Waals surface area contributed by atoms with Crippen LogP contribution in [0.2, 0.25) is 0 Å². The van der Waals surface area contributed by atoms with Crippen molar-refractivity contribution in [3.8, 4) is 0 Å². The molecule has 2 saturated carbocycles. The smallest absolute Gasteiger partial charge is 0.308 e. The molecule has 3 fully saturated rings. The van der Waals surface area contributed by atoms with E-state index in [1.165, 1.54) is 4.90 Å². The van der Waals surface area contributed by atoms with E-state index in [-0.39, 0.29) is 58.1 Å². The third-order valence-electron chi connectivity index (χ3n) is 6.70. The minimum absolute atomic E-state index is 0.0183. The number of aryl methyl sites for hydroxylation is 2. The van der Waals surface area contributed by atoms with Gasteiger partial charge < -0.3 is 10.1 Å². The van der Waals surface area contributed by atoms with Gasteiger partial charge in [0.15, 0.2) is 6.61 Å². The fraction of sp³-hybridized carbons (Fsp3) is 0.545. The zero-order valence-corrected chi connectivity index (χ0v) is 22.3. The molecule has 172 valence electrons. The van der Waals surface area contributed by atoms with Gasteiger partial charge in [0.25, 0.3) is 5.91 Å². The second-order valence-electron chi connectivity index (χ2n) is 8.71. The molecule has 1 aromatic carbocycles. The lowest BCUT2D eigenvalue weighted by molar-refractivity contribution is -0.149. The SMILES string of the molecule is Cc1cc(NC(=O)COC(=O)CCN2C(=O)[C@@H]3[C@H]4C[C@@H]([C@H](Br)[C@@H]4Br)[C@@H]3C2=O)cc(C)c1Br. The molecule has 6 atom stereocenters. The molecule has 2 bridgehead atoms. The molecule has 10 heteroatoms. The van der Waals surface area contributed by atoms with Crippen LogP contribution in [0.3, 0.4) is 0 Å². The number of ether oxygens (including phenoxy) is 1. The van der Waals surface area contributed by atoms with Crippen LogP contribution in [0.15, 0.2) is 16.6 Å². The van der Waals surface area contributed by atoms with E-state index in [0.29, 0.717) is 5.69 Å². The Kier molecular flexibility index (Phi) is 6.85. The van der Waals surface area contributed by atoms with E-state index in [1.54, 1.807) is 0 Å². The summed E-state index contributed by atoms with van der Waals surface area (Å²) in [7, 11) is 0. The molecule has 4 rings (SSSR count). The van der Waals surface area contributed by atoms with Crippen LogP contribution < -0.4 is 5.32 Å². The number of alkyl halides is 2. The number of nitrogens with zero attached hydrogens (tertiary/aromatic N) is 1. The molecule has 7 nitrogen and oxygen atoms in total. The molecule has 32 heavy (non-hydrogen) atoms. The Morgan fingerprint density at radius 1 is 1.06 bits per heavy atom. The third kappa shape index (κ3) is 4.18. The zero-order valence-electron chi connectivity index (χ0n) is 17.6. The van der Waals surface area contributed by atoms with E-state index >= 15 is 0 Å². The van der Waals surface area contributed by atoms with Crippen molar-refractivity contribution in [2.75, 3.05) is 18.5 Å². The summed E-state index contributed by atoms with van der Waals surface area (Å²) in [4.78, 5) is 51.5. The van der Waals surface area contributed by atoms with E-state index in [2.05, 4.69) is 53.1 Å². The number of fused-ring (bicyclic) bond motifs is 5. The molecule has 0 radical (unpaired) electrons. The van der Waals surface area contributed by atoms with Gasteiger partial charge in [-0.15, -0.1) is 0 Å². The van der Waals surface area contributed by atoms with Gasteiger partial charge in [-0.1, -0.05) is 47.8 Å². The highest BCUT2D eigenvalue weighted by Crippen LogP contribution is 2.60. The molecule has 0 unspecified atom stereocenters. The third-order valence-corrected chi connectivity index (χ3v) is 11.2. The highest BCUT2D eigenvalue weighted by molar-refractivity contribution is 9.12. The first kappa shape index (κ1) is 23.9. The Morgan fingerprint density at radius 3 is 2.12 bits per heavy atom. The molecule has 1 aliphatic heterocycles. The first-order chi connectivity index (χ1) is 15.1.